The molecule has 0 amide bonds. The van der Waals surface area contributed by atoms with Gasteiger partial charge in [-0.1, -0.05) is 0 Å². The van der Waals surface area contributed by atoms with Gasteiger partial charge in [0.1, 0.15) is 24.7 Å². The van der Waals surface area contributed by atoms with E-state index in [1.165, 1.54) is 18.6 Å². The Morgan fingerprint density at radius 2 is 2.06 bits per heavy atom. The van der Waals surface area contributed by atoms with Crippen LogP contribution in [0.5, 0.6) is 0 Å². The van der Waals surface area contributed by atoms with E-state index < -0.39 is 6.29 Å². The molecular formula is C12H10N2O3. The Kier molecular flexibility index (Phi) is 2.29. The third-order valence-electron chi connectivity index (χ3n) is 2.59. The Morgan fingerprint density at radius 3 is 2.88 bits per heavy atom. The molecule has 0 saturated carbocycles. The molecule has 0 atom stereocenters. The minimum atomic E-state index is -0.458. The summed E-state index contributed by atoms with van der Waals surface area (Å²) in [4.78, 5) is 16.0. The smallest absolute Gasteiger partial charge is 0.257 e. The first-order chi connectivity index (χ1) is 8.34. The van der Waals surface area contributed by atoms with Crippen LogP contribution >= 0.6 is 0 Å². The topological polar surface area (TPSA) is 53.4 Å². The third kappa shape index (κ3) is 1.75. The van der Waals surface area contributed by atoms with E-state index in [0.29, 0.717) is 12.2 Å². The molecule has 2 aromatic heterocycles. The van der Waals surface area contributed by atoms with Crippen LogP contribution in [0.2, 0.25) is 0 Å². The Morgan fingerprint density at radius 1 is 1.24 bits per heavy atom. The van der Waals surface area contributed by atoms with Crippen LogP contribution in [0.3, 0.4) is 0 Å². The second-order valence-electron chi connectivity index (χ2n) is 3.67. The van der Waals surface area contributed by atoms with Crippen molar-refractivity contribution in [2.75, 3.05) is 0 Å². The van der Waals surface area contributed by atoms with E-state index in [-0.39, 0.29) is 5.56 Å². The minimum Gasteiger partial charge on any atom is -0.457 e. The van der Waals surface area contributed by atoms with Crippen LogP contribution in [0.25, 0.3) is 11.0 Å². The van der Waals surface area contributed by atoms with Crippen molar-refractivity contribution in [3.05, 3.63) is 53.3 Å². The summed E-state index contributed by atoms with van der Waals surface area (Å²) < 4.78 is 11.9. The highest BCUT2D eigenvalue weighted by Gasteiger charge is 2.15. The second-order valence-corrected chi connectivity index (χ2v) is 3.67. The molecule has 3 rings (SSSR count). The van der Waals surface area contributed by atoms with Crippen molar-refractivity contribution in [1.82, 2.24) is 9.55 Å². The van der Waals surface area contributed by atoms with Crippen molar-refractivity contribution in [3.8, 4) is 0 Å². The van der Waals surface area contributed by atoms with Crippen LogP contribution < -0.4 is 5.56 Å². The van der Waals surface area contributed by atoms with Gasteiger partial charge in [-0.05, 0) is 18.2 Å². The zero-order valence-electron chi connectivity index (χ0n) is 8.95. The summed E-state index contributed by atoms with van der Waals surface area (Å²) in [6, 6.07) is 7.02. The first-order valence-electron chi connectivity index (χ1n) is 5.25. The lowest BCUT2D eigenvalue weighted by molar-refractivity contribution is -0.0340. The van der Waals surface area contributed by atoms with Crippen molar-refractivity contribution < 1.29 is 9.47 Å². The van der Waals surface area contributed by atoms with E-state index in [1.807, 2.05) is 12.1 Å². The van der Waals surface area contributed by atoms with Gasteiger partial charge in [0, 0.05) is 17.6 Å². The number of ether oxygens (including phenoxy) is 2. The second kappa shape index (κ2) is 3.93. The van der Waals surface area contributed by atoms with Gasteiger partial charge in [0.2, 0.25) is 0 Å². The molecule has 5 heteroatoms. The molecular weight excluding hydrogens is 220 g/mol. The predicted molar refractivity (Wildman–Crippen MR) is 61.1 cm³/mol. The number of hydrogen-bond acceptors (Lipinski definition) is 4. The third-order valence-corrected chi connectivity index (χ3v) is 2.59. The summed E-state index contributed by atoms with van der Waals surface area (Å²) in [6.07, 6.45) is 4.13. The highest BCUT2D eigenvalue weighted by atomic mass is 16.7. The predicted octanol–water partition coefficient (Wildman–Crippen LogP) is 1.24. The molecule has 3 heterocycles. The van der Waals surface area contributed by atoms with E-state index in [9.17, 15) is 4.79 Å². The maximum atomic E-state index is 11.8. The van der Waals surface area contributed by atoms with E-state index >= 15 is 0 Å². The summed E-state index contributed by atoms with van der Waals surface area (Å²) >= 11 is 0. The van der Waals surface area contributed by atoms with Gasteiger partial charge in [0.25, 0.3) is 11.8 Å². The lowest BCUT2D eigenvalue weighted by Crippen LogP contribution is -2.27. The van der Waals surface area contributed by atoms with E-state index in [1.54, 1.807) is 16.8 Å². The SMILES string of the molecule is O=c1ccc2cccnc2n1CC1OC=CO1. The molecule has 0 saturated heterocycles. The van der Waals surface area contributed by atoms with Crippen LogP contribution in [-0.2, 0) is 16.0 Å². The molecule has 0 aliphatic carbocycles. The number of aromatic nitrogens is 2. The average molecular weight is 230 g/mol. The lowest BCUT2D eigenvalue weighted by Gasteiger charge is -2.13. The van der Waals surface area contributed by atoms with Crippen molar-refractivity contribution in [2.45, 2.75) is 12.8 Å². The number of hydrogen-bond donors (Lipinski definition) is 0. The monoisotopic (exact) mass is 230 g/mol. The maximum Gasteiger partial charge on any atom is 0.257 e. The van der Waals surface area contributed by atoms with Crippen LogP contribution in [0, 0.1) is 0 Å². The van der Waals surface area contributed by atoms with Crippen LogP contribution in [0.4, 0.5) is 0 Å². The standard InChI is InChI=1S/C12H10N2O3/c15-10-4-3-9-2-1-5-13-12(9)14(10)8-11-16-6-7-17-11/h1-7,11H,8H2. The minimum absolute atomic E-state index is 0.115. The van der Waals surface area contributed by atoms with E-state index in [0.717, 1.165) is 5.39 Å². The molecule has 2 aromatic rings. The fourth-order valence-electron chi connectivity index (χ4n) is 1.80. The van der Waals surface area contributed by atoms with E-state index in [4.69, 9.17) is 9.47 Å². The number of nitrogens with zero attached hydrogens (tertiary/aromatic N) is 2. The molecule has 0 spiro atoms. The van der Waals surface area contributed by atoms with Gasteiger partial charge in [0.15, 0.2) is 0 Å². The van der Waals surface area contributed by atoms with Gasteiger partial charge in [-0.15, -0.1) is 0 Å². The fourth-order valence-corrected chi connectivity index (χ4v) is 1.80. The summed E-state index contributed by atoms with van der Waals surface area (Å²) in [5.41, 5.74) is 0.523. The van der Waals surface area contributed by atoms with Gasteiger partial charge in [-0.3, -0.25) is 9.36 Å². The number of rotatable bonds is 2. The first kappa shape index (κ1) is 9.89. The van der Waals surface area contributed by atoms with Gasteiger partial charge < -0.3 is 9.47 Å². The van der Waals surface area contributed by atoms with Gasteiger partial charge in [-0.2, -0.15) is 0 Å². The van der Waals surface area contributed by atoms with Crippen molar-refractivity contribution in [1.29, 1.82) is 0 Å². The summed E-state index contributed by atoms with van der Waals surface area (Å²) in [5, 5.41) is 0.915. The van der Waals surface area contributed by atoms with Crippen LogP contribution in [0.15, 0.2) is 47.8 Å². The molecule has 0 aromatic carbocycles. The zero-order chi connectivity index (χ0) is 11.7. The highest BCUT2D eigenvalue weighted by Crippen LogP contribution is 2.12. The fraction of sp³-hybridized carbons (Fsp3) is 0.167. The Bertz CT molecular complexity index is 625. The Labute approximate surface area is 96.9 Å². The molecule has 1 aliphatic rings. The quantitative estimate of drug-likeness (QED) is 0.778. The molecule has 5 nitrogen and oxygen atoms in total. The summed E-state index contributed by atoms with van der Waals surface area (Å²) in [5.74, 6) is 0. The number of pyridine rings is 2. The Balaban J connectivity index is 2.07. The van der Waals surface area contributed by atoms with E-state index in [2.05, 4.69) is 4.98 Å². The lowest BCUT2D eigenvalue weighted by atomic mass is 10.3. The van der Waals surface area contributed by atoms with Crippen LogP contribution in [0.1, 0.15) is 0 Å². The molecule has 17 heavy (non-hydrogen) atoms. The average Bonchev–Trinajstić information content (AvgIpc) is 2.86. The van der Waals surface area contributed by atoms with Crippen molar-refractivity contribution >= 4 is 11.0 Å². The normalized spacial score (nSPS) is 14.8. The molecule has 0 N–H and O–H groups in total. The summed E-state index contributed by atoms with van der Waals surface area (Å²) in [7, 11) is 0. The molecule has 0 radical (unpaired) electrons. The molecule has 0 unspecified atom stereocenters. The summed E-state index contributed by atoms with van der Waals surface area (Å²) in [6.45, 7) is 0.320. The molecule has 0 fully saturated rings. The van der Waals surface area contributed by atoms with Gasteiger partial charge >= 0.3 is 0 Å². The highest BCUT2D eigenvalue weighted by molar-refractivity contribution is 5.74. The van der Waals surface area contributed by atoms with Crippen molar-refractivity contribution in [3.63, 3.8) is 0 Å². The molecule has 1 aliphatic heterocycles. The maximum absolute atomic E-state index is 11.8. The van der Waals surface area contributed by atoms with Crippen LogP contribution in [-0.4, -0.2) is 15.8 Å². The van der Waals surface area contributed by atoms with Crippen molar-refractivity contribution in [2.24, 2.45) is 0 Å². The first-order valence-corrected chi connectivity index (χ1v) is 5.25. The largest absolute Gasteiger partial charge is 0.457 e. The Hall–Kier alpha value is -2.30. The number of fused-ring (bicyclic) bond motifs is 1. The molecule has 0 bridgehead atoms. The van der Waals surface area contributed by atoms with Gasteiger partial charge in [-0.25, -0.2) is 4.98 Å². The zero-order valence-corrected chi connectivity index (χ0v) is 8.95. The van der Waals surface area contributed by atoms with Gasteiger partial charge in [0.05, 0.1) is 0 Å². The molecule has 86 valence electrons.